The first-order valence-corrected chi connectivity index (χ1v) is 6.23. The van der Waals surface area contributed by atoms with Crippen molar-refractivity contribution in [2.45, 2.75) is 18.6 Å². The Morgan fingerprint density at radius 2 is 2.06 bits per heavy atom. The van der Waals surface area contributed by atoms with Crippen LogP contribution >= 0.6 is 11.3 Å². The average Bonchev–Trinajstić information content (AvgIpc) is 2.94. The monoisotopic (exact) mass is 270 g/mol. The zero-order valence-corrected chi connectivity index (χ0v) is 9.98. The number of nitrogens with one attached hydrogen (secondary N) is 1. The molecule has 2 nitrogen and oxygen atoms in total. The van der Waals surface area contributed by atoms with Gasteiger partial charge in [0.25, 0.3) is 0 Å². The molecule has 1 aromatic carbocycles. The summed E-state index contributed by atoms with van der Waals surface area (Å²) < 4.78 is 37.4. The largest absolute Gasteiger partial charge is 0.443 e. The van der Waals surface area contributed by atoms with Gasteiger partial charge in [-0.25, -0.2) is 4.98 Å². The van der Waals surface area contributed by atoms with E-state index in [-0.39, 0.29) is 6.04 Å². The Morgan fingerprint density at radius 1 is 1.28 bits per heavy atom. The van der Waals surface area contributed by atoms with Gasteiger partial charge in [0.1, 0.15) is 0 Å². The Labute approximate surface area is 105 Å². The maximum absolute atomic E-state index is 12.5. The molecule has 1 aromatic heterocycles. The van der Waals surface area contributed by atoms with Gasteiger partial charge in [-0.2, -0.15) is 13.2 Å². The van der Waals surface area contributed by atoms with Gasteiger partial charge in [0.2, 0.25) is 0 Å². The van der Waals surface area contributed by atoms with E-state index in [0.29, 0.717) is 22.6 Å². The summed E-state index contributed by atoms with van der Waals surface area (Å²) in [5.41, 5.74) is 2.12. The molecule has 0 amide bonds. The summed E-state index contributed by atoms with van der Waals surface area (Å²) in [7, 11) is 0. The van der Waals surface area contributed by atoms with Crippen LogP contribution in [0.1, 0.15) is 21.5 Å². The van der Waals surface area contributed by atoms with Crippen LogP contribution in [0.5, 0.6) is 0 Å². The van der Waals surface area contributed by atoms with Crippen LogP contribution in [0.25, 0.3) is 0 Å². The predicted molar refractivity (Wildman–Crippen MR) is 63.6 cm³/mol. The fourth-order valence-electron chi connectivity index (χ4n) is 2.05. The minimum absolute atomic E-state index is 0.101. The summed E-state index contributed by atoms with van der Waals surface area (Å²) in [6, 6.07) is 7.64. The molecule has 94 valence electrons. The van der Waals surface area contributed by atoms with E-state index in [1.165, 1.54) is 6.20 Å². The smallest absolute Gasteiger partial charge is 0.377 e. The molecule has 0 saturated heterocycles. The van der Waals surface area contributed by atoms with Crippen LogP contribution in [0, 0.1) is 0 Å². The Kier molecular flexibility index (Phi) is 2.55. The van der Waals surface area contributed by atoms with Crippen LogP contribution in [0.15, 0.2) is 30.5 Å². The average molecular weight is 270 g/mol. The molecule has 1 unspecified atom stereocenters. The molecule has 6 heteroatoms. The van der Waals surface area contributed by atoms with Gasteiger partial charge in [-0.1, -0.05) is 18.2 Å². The molecule has 0 aliphatic carbocycles. The fourth-order valence-corrected chi connectivity index (χ4v) is 2.88. The number of fused-ring (bicyclic) bond motifs is 1. The predicted octanol–water partition coefficient (Wildman–Crippen LogP) is 3.87. The zero-order chi connectivity index (χ0) is 12.8. The highest BCUT2D eigenvalue weighted by molar-refractivity contribution is 7.11. The van der Waals surface area contributed by atoms with E-state index in [1.807, 2.05) is 24.3 Å². The maximum Gasteiger partial charge on any atom is 0.443 e. The van der Waals surface area contributed by atoms with E-state index in [0.717, 1.165) is 11.3 Å². The second-order valence-electron chi connectivity index (χ2n) is 4.12. The van der Waals surface area contributed by atoms with Crippen molar-refractivity contribution in [1.29, 1.82) is 0 Å². The van der Waals surface area contributed by atoms with Crippen LogP contribution in [-0.4, -0.2) is 4.98 Å². The Balaban J connectivity index is 1.85. The van der Waals surface area contributed by atoms with E-state index in [2.05, 4.69) is 10.3 Å². The van der Waals surface area contributed by atoms with Gasteiger partial charge in [-0.3, -0.25) is 0 Å². The number of hydrogen-bond donors (Lipinski definition) is 1. The molecular weight excluding hydrogens is 261 g/mol. The van der Waals surface area contributed by atoms with Crippen molar-refractivity contribution in [2.24, 2.45) is 0 Å². The molecular formula is C12H9F3N2S. The first-order valence-electron chi connectivity index (χ1n) is 5.41. The summed E-state index contributed by atoms with van der Waals surface area (Å²) in [6.45, 7) is 0. The SMILES string of the molecule is FC(F)(F)c1ncc(C2Cc3ccccc3N2)s1. The van der Waals surface area contributed by atoms with Gasteiger partial charge in [-0.15, -0.1) is 11.3 Å². The lowest BCUT2D eigenvalue weighted by Gasteiger charge is -2.07. The molecule has 0 fully saturated rings. The lowest BCUT2D eigenvalue weighted by molar-refractivity contribution is -0.137. The molecule has 1 aliphatic rings. The second kappa shape index (κ2) is 3.98. The van der Waals surface area contributed by atoms with Crippen molar-refractivity contribution in [3.05, 3.63) is 45.9 Å². The summed E-state index contributed by atoms with van der Waals surface area (Å²) in [6.07, 6.45) is -2.33. The minimum atomic E-state index is -4.35. The number of alkyl halides is 3. The van der Waals surface area contributed by atoms with E-state index < -0.39 is 11.2 Å². The van der Waals surface area contributed by atoms with Crippen molar-refractivity contribution in [1.82, 2.24) is 4.98 Å². The highest BCUT2D eigenvalue weighted by atomic mass is 32.1. The lowest BCUT2D eigenvalue weighted by atomic mass is 10.1. The summed E-state index contributed by atoms with van der Waals surface area (Å²) in [5.74, 6) is 0. The molecule has 18 heavy (non-hydrogen) atoms. The van der Waals surface area contributed by atoms with E-state index >= 15 is 0 Å². The normalized spacial score (nSPS) is 18.5. The van der Waals surface area contributed by atoms with Gasteiger partial charge in [0.15, 0.2) is 5.01 Å². The van der Waals surface area contributed by atoms with Gasteiger partial charge < -0.3 is 5.32 Å². The van der Waals surface area contributed by atoms with Gasteiger partial charge >= 0.3 is 6.18 Å². The third-order valence-electron chi connectivity index (χ3n) is 2.88. The number of halogens is 3. The number of aromatic nitrogens is 1. The molecule has 1 aliphatic heterocycles. The number of rotatable bonds is 1. The summed E-state index contributed by atoms with van der Waals surface area (Å²) in [4.78, 5) is 4.07. The van der Waals surface area contributed by atoms with E-state index in [1.54, 1.807) is 0 Å². The fraction of sp³-hybridized carbons (Fsp3) is 0.250. The summed E-state index contributed by atoms with van der Waals surface area (Å²) in [5, 5.41) is 2.44. The molecule has 0 radical (unpaired) electrons. The third-order valence-corrected chi connectivity index (χ3v) is 4.04. The van der Waals surface area contributed by atoms with Crippen molar-refractivity contribution in [2.75, 3.05) is 5.32 Å². The van der Waals surface area contributed by atoms with E-state index in [4.69, 9.17) is 0 Å². The Hall–Kier alpha value is -1.56. The van der Waals surface area contributed by atoms with Crippen LogP contribution in [0.2, 0.25) is 0 Å². The Bertz CT molecular complexity index is 552. The molecule has 2 heterocycles. The van der Waals surface area contributed by atoms with Crippen LogP contribution in [0.4, 0.5) is 18.9 Å². The molecule has 1 N–H and O–H groups in total. The topological polar surface area (TPSA) is 24.9 Å². The van der Waals surface area contributed by atoms with Crippen molar-refractivity contribution in [3.63, 3.8) is 0 Å². The zero-order valence-electron chi connectivity index (χ0n) is 9.16. The second-order valence-corrected chi connectivity index (χ2v) is 5.19. The van der Waals surface area contributed by atoms with Crippen LogP contribution in [-0.2, 0) is 12.6 Å². The molecule has 1 atom stereocenters. The van der Waals surface area contributed by atoms with Crippen molar-refractivity contribution >= 4 is 17.0 Å². The lowest BCUT2D eigenvalue weighted by Crippen LogP contribution is -2.04. The number of benzene rings is 1. The molecule has 2 aromatic rings. The third kappa shape index (κ3) is 1.96. The first kappa shape index (κ1) is 11.5. The van der Waals surface area contributed by atoms with E-state index in [9.17, 15) is 13.2 Å². The quantitative estimate of drug-likeness (QED) is 0.850. The summed E-state index contributed by atoms with van der Waals surface area (Å²) >= 11 is 0.709. The number of anilines is 1. The highest BCUT2D eigenvalue weighted by Crippen LogP contribution is 2.39. The maximum atomic E-state index is 12.5. The number of hydrogen-bond acceptors (Lipinski definition) is 3. The van der Waals surface area contributed by atoms with Crippen LogP contribution in [0.3, 0.4) is 0 Å². The van der Waals surface area contributed by atoms with Crippen molar-refractivity contribution < 1.29 is 13.2 Å². The number of nitrogens with zero attached hydrogens (tertiary/aromatic N) is 1. The van der Waals surface area contributed by atoms with Crippen molar-refractivity contribution in [3.8, 4) is 0 Å². The van der Waals surface area contributed by atoms with Gasteiger partial charge in [0, 0.05) is 16.8 Å². The Morgan fingerprint density at radius 3 is 2.72 bits per heavy atom. The first-order chi connectivity index (χ1) is 8.54. The molecule has 0 spiro atoms. The number of thiazole rings is 1. The number of para-hydroxylation sites is 1. The standard InChI is InChI=1S/C12H9F3N2S/c13-12(14,15)11-16-6-10(18-11)9-5-7-3-1-2-4-8(7)17-9/h1-4,6,9,17H,5H2. The highest BCUT2D eigenvalue weighted by Gasteiger charge is 2.35. The molecule has 0 bridgehead atoms. The van der Waals surface area contributed by atoms with Gasteiger partial charge in [-0.05, 0) is 18.1 Å². The molecule has 3 rings (SSSR count). The van der Waals surface area contributed by atoms with Gasteiger partial charge in [0.05, 0.1) is 6.04 Å². The molecule has 0 saturated carbocycles. The minimum Gasteiger partial charge on any atom is -0.377 e. The van der Waals surface area contributed by atoms with Crippen LogP contribution < -0.4 is 5.32 Å².